The zero-order chi connectivity index (χ0) is 74.0. The summed E-state index contributed by atoms with van der Waals surface area (Å²) in [5, 5.41) is 72.4. The summed E-state index contributed by atoms with van der Waals surface area (Å²) in [6.07, 6.45) is -11.7. The number of Topliss-reactive ketones (excluding diaryl/α,β-unsaturated/α-hetero) is 1. The lowest BCUT2D eigenvalue weighted by molar-refractivity contribution is -0.346. The summed E-state index contributed by atoms with van der Waals surface area (Å²) in [7, 11) is 0. The molecule has 2 saturated heterocycles. The molecule has 8 N–H and O–H groups in total. The fourth-order valence-electron chi connectivity index (χ4n) is 15.3. The van der Waals surface area contributed by atoms with Crippen molar-refractivity contribution < 1.29 is 96.8 Å². The SMILES string of the molecule is CCNC(=O)c1noc(-c2cc(C(C)C)c(O)cc2O)c1-c1ccc(CN2CCN(C(=O)CCCCCNC(=O)O[C@@H](C(=O)O[C@H]3CC4(O)[C@@H](OC(=O)c5ccccc5)[C@@H]5[C@]6(OC(C)=O)CO[C@@H]6C[C@H](O)[C@@]5(C)C(=O)[C@H](O)C(=C3C)C4(C)C)[C@@H](NC(=O)OC(C)(C)C)c3ccccc3)CC2)cc1. The number of rotatable bonds is 22. The standard InChI is InChI=1S/C76H94N6O20/c1-12-77-67(90)60-57(62(102-80-60)50-36-49(42(2)3)51(84)37-52(50)85)46-29-27-45(28-30-46)40-81-32-34-82(35-33-81)56(87)26-20-15-21-31-78-70(93)98-63(59(47-22-16-13-17-23-47)79-71(94)101-72(6,7)8)69(92)97-53-39-76(95)66(99-68(91)48-24-18-14-19-25-48)64-74(11,65(89)61(88)58(43(53)4)73(76,9)10)54(86)38-55-75(64,41-96-55)100-44(5)83/h13-14,16-19,22-25,27-30,36-37,42,53-55,59,61,63-64,66,84-86,88,95H,12,15,20-21,26,31-35,38-41H2,1-11H3,(H,77,90)(H,78,93)(H,79,94)/t53-,54-,55+,59-,61+,63+,64-,66-,74+,75-,76?/m0/s1. The second-order valence-corrected chi connectivity index (χ2v) is 29.2. The maximum absolute atomic E-state index is 15.4. The van der Waals surface area contributed by atoms with Crippen LogP contribution in [0.2, 0.25) is 0 Å². The first-order valence-corrected chi connectivity index (χ1v) is 34.8. The van der Waals surface area contributed by atoms with Gasteiger partial charge in [-0.25, -0.2) is 19.2 Å². The molecule has 26 heteroatoms. The quantitative estimate of drug-likeness (QED) is 0.0139. The first-order valence-electron chi connectivity index (χ1n) is 34.8. The van der Waals surface area contributed by atoms with Crippen LogP contribution in [0.25, 0.3) is 22.5 Å². The highest BCUT2D eigenvalue weighted by atomic mass is 16.6. The number of alkyl carbamates (subject to hydrolysis) is 2. The highest BCUT2D eigenvalue weighted by molar-refractivity contribution is 6.03. The van der Waals surface area contributed by atoms with E-state index < -0.39 is 124 Å². The number of hydrogen-bond donors (Lipinski definition) is 8. The third-order valence-electron chi connectivity index (χ3n) is 20.7. The minimum absolute atomic E-state index is 0.0252. The molecule has 4 fully saturated rings. The first kappa shape index (κ1) is 75.5. The van der Waals surface area contributed by atoms with Gasteiger partial charge in [-0.05, 0) is 112 Å². The predicted molar refractivity (Wildman–Crippen MR) is 369 cm³/mol. The molecule has 102 heavy (non-hydrogen) atoms. The van der Waals surface area contributed by atoms with Crippen molar-refractivity contribution in [3.63, 3.8) is 0 Å². The summed E-state index contributed by atoms with van der Waals surface area (Å²) in [5.41, 5.74) is -6.03. The van der Waals surface area contributed by atoms with E-state index in [0.717, 1.165) is 12.5 Å². The number of piperazine rings is 1. The van der Waals surface area contributed by atoms with E-state index >= 15 is 9.59 Å². The number of esters is 3. The fraction of sp³-hybridized carbons (Fsp3) is 0.513. The van der Waals surface area contributed by atoms with Crippen molar-refractivity contribution in [2.75, 3.05) is 45.9 Å². The Morgan fingerprint density at radius 1 is 0.824 bits per heavy atom. The van der Waals surface area contributed by atoms with Gasteiger partial charge in [0.2, 0.25) is 12.0 Å². The number of fused-ring (bicyclic) bond motifs is 5. The number of benzene rings is 4. The average molecular weight is 1410 g/mol. The van der Waals surface area contributed by atoms with E-state index in [-0.39, 0.29) is 88.6 Å². The van der Waals surface area contributed by atoms with Gasteiger partial charge in [0.25, 0.3) is 5.91 Å². The van der Waals surface area contributed by atoms with Crippen molar-refractivity contribution in [2.45, 2.75) is 187 Å². The second kappa shape index (κ2) is 30.4. The van der Waals surface area contributed by atoms with Gasteiger partial charge in [-0.1, -0.05) is 112 Å². The third kappa shape index (κ3) is 15.2. The lowest BCUT2D eigenvalue weighted by Gasteiger charge is -2.67. The molecule has 26 nitrogen and oxygen atoms in total. The minimum atomic E-state index is -2.48. The van der Waals surface area contributed by atoms with Crippen LogP contribution in [-0.4, -0.2) is 187 Å². The first-order chi connectivity index (χ1) is 48.2. The largest absolute Gasteiger partial charge is 0.508 e. The van der Waals surface area contributed by atoms with Crippen molar-refractivity contribution in [3.8, 4) is 33.9 Å². The lowest BCUT2D eigenvalue weighted by Crippen LogP contribution is -2.81. The van der Waals surface area contributed by atoms with E-state index in [9.17, 15) is 54.3 Å². The second-order valence-electron chi connectivity index (χ2n) is 29.2. The Labute approximate surface area is 592 Å². The number of unbranched alkanes of at least 4 members (excludes halogenated alkanes) is 2. The molecule has 5 aliphatic rings. The summed E-state index contributed by atoms with van der Waals surface area (Å²) in [6, 6.07) is 24.9. The van der Waals surface area contributed by atoms with Crippen LogP contribution >= 0.6 is 0 Å². The van der Waals surface area contributed by atoms with Gasteiger partial charge in [0, 0.05) is 83.5 Å². The number of ether oxygens (including phenoxy) is 6. The van der Waals surface area contributed by atoms with E-state index in [1.165, 1.54) is 45.9 Å². The van der Waals surface area contributed by atoms with E-state index in [0.29, 0.717) is 75.2 Å². The number of aromatic nitrogens is 1. The number of carbonyl (C=O) groups is 8. The van der Waals surface area contributed by atoms with Crippen molar-refractivity contribution in [1.82, 2.24) is 30.9 Å². The molecule has 1 unspecified atom stereocenters. The molecule has 2 saturated carbocycles. The van der Waals surface area contributed by atoms with Crippen LogP contribution in [0, 0.1) is 16.7 Å². The van der Waals surface area contributed by atoms with Gasteiger partial charge >= 0.3 is 30.1 Å². The van der Waals surface area contributed by atoms with Gasteiger partial charge in [0.15, 0.2) is 22.8 Å². The van der Waals surface area contributed by atoms with Gasteiger partial charge in [-0.2, -0.15) is 0 Å². The van der Waals surface area contributed by atoms with E-state index in [4.69, 9.17) is 32.9 Å². The average Bonchev–Trinajstić information content (AvgIpc) is 0.723. The Balaban J connectivity index is 0.813. The zero-order valence-electron chi connectivity index (χ0n) is 59.5. The minimum Gasteiger partial charge on any atom is -0.508 e. The summed E-state index contributed by atoms with van der Waals surface area (Å²) < 4.78 is 42.3. The molecule has 11 atom stereocenters. The van der Waals surface area contributed by atoms with Crippen molar-refractivity contribution >= 4 is 47.7 Å². The van der Waals surface area contributed by atoms with Crippen molar-refractivity contribution in [3.05, 3.63) is 136 Å². The number of aliphatic hydroxyl groups is 3. The van der Waals surface area contributed by atoms with Crippen LogP contribution in [0.4, 0.5) is 9.59 Å². The molecule has 0 radical (unpaired) electrons. The molecule has 3 aliphatic carbocycles. The molecule has 4 aromatic carbocycles. The Bertz CT molecular complexity index is 3970. The van der Waals surface area contributed by atoms with Gasteiger partial charge in [-0.3, -0.25) is 24.1 Å². The molecule has 548 valence electrons. The summed E-state index contributed by atoms with van der Waals surface area (Å²) in [4.78, 5) is 117. The summed E-state index contributed by atoms with van der Waals surface area (Å²) in [5.74, 6) is -6.31. The number of amides is 4. The van der Waals surface area contributed by atoms with Crippen LogP contribution in [0.15, 0.2) is 113 Å². The van der Waals surface area contributed by atoms with Crippen molar-refractivity contribution in [2.24, 2.45) is 16.7 Å². The maximum atomic E-state index is 15.4. The molecule has 10 rings (SSSR count). The van der Waals surface area contributed by atoms with Gasteiger partial charge in [0.05, 0.1) is 40.7 Å². The Kier molecular flexibility index (Phi) is 22.5. The lowest BCUT2D eigenvalue weighted by atomic mass is 9.44. The molecule has 0 spiro atoms. The number of aromatic hydroxyl groups is 2. The van der Waals surface area contributed by atoms with Gasteiger partial charge < -0.3 is 79.3 Å². The molecule has 2 aliphatic heterocycles. The zero-order valence-corrected chi connectivity index (χ0v) is 59.5. The van der Waals surface area contributed by atoms with Gasteiger partial charge in [0.1, 0.15) is 53.2 Å². The number of nitrogens with one attached hydrogen (secondary N) is 3. The predicted octanol–water partition coefficient (Wildman–Crippen LogP) is 8.50. The molecule has 5 aromatic rings. The number of hydrogen-bond acceptors (Lipinski definition) is 22. The molecule has 2 bridgehead atoms. The number of phenols is 2. The third-order valence-corrected chi connectivity index (χ3v) is 20.7. The maximum Gasteiger partial charge on any atom is 0.408 e. The molecule has 4 amide bonds. The van der Waals surface area contributed by atoms with Crippen LogP contribution in [0.5, 0.6) is 11.5 Å². The molecule has 3 heterocycles. The molecule has 1 aromatic heterocycles. The summed E-state index contributed by atoms with van der Waals surface area (Å²) >= 11 is 0. The van der Waals surface area contributed by atoms with E-state index in [2.05, 4.69) is 26.0 Å². The monoisotopic (exact) mass is 1410 g/mol. The van der Waals surface area contributed by atoms with E-state index in [1.807, 2.05) is 43.0 Å². The Morgan fingerprint density at radius 3 is 2.11 bits per heavy atom. The van der Waals surface area contributed by atoms with E-state index in [1.54, 1.807) is 82.3 Å². The highest BCUT2D eigenvalue weighted by Crippen LogP contribution is 2.64. The number of ketones is 1. The number of phenolic OH excluding ortho intramolecular Hbond substituents is 2. The Hall–Kier alpha value is -9.21. The van der Waals surface area contributed by atoms with Crippen LogP contribution in [0.1, 0.15) is 164 Å². The van der Waals surface area contributed by atoms with Crippen LogP contribution < -0.4 is 16.0 Å². The van der Waals surface area contributed by atoms with Crippen LogP contribution in [0.3, 0.4) is 0 Å². The Morgan fingerprint density at radius 2 is 1.49 bits per heavy atom. The number of carbonyl (C=O) groups excluding carboxylic acids is 8. The van der Waals surface area contributed by atoms with Gasteiger partial charge in [-0.15, -0.1) is 0 Å². The molecular weight excluding hydrogens is 1320 g/mol. The number of aliphatic hydroxyl groups excluding tert-OH is 2. The summed E-state index contributed by atoms with van der Waals surface area (Å²) in [6.45, 7) is 20.4. The number of nitrogens with zero attached hydrogens (tertiary/aromatic N) is 3. The smallest absolute Gasteiger partial charge is 0.408 e. The fourth-order valence-corrected chi connectivity index (χ4v) is 15.3. The van der Waals surface area contributed by atoms with Crippen LogP contribution in [-0.2, 0) is 54.1 Å². The molecular formula is C76H94N6O20. The normalized spacial score (nSPS) is 25.2. The van der Waals surface area contributed by atoms with Crippen molar-refractivity contribution in [1.29, 1.82) is 0 Å². The highest BCUT2D eigenvalue weighted by Gasteiger charge is 2.78. The topological polar surface area (TPSA) is 362 Å².